The number of H-pyrrole nitrogens is 1. The van der Waals surface area contributed by atoms with Gasteiger partial charge in [-0.25, -0.2) is 9.78 Å². The second-order valence-electron chi connectivity index (χ2n) is 3.64. The number of amides is 3. The zero-order valence-electron chi connectivity index (χ0n) is 10.6. The van der Waals surface area contributed by atoms with Crippen LogP contribution in [0.15, 0.2) is 5.16 Å². The third-order valence-electron chi connectivity index (χ3n) is 2.11. The highest BCUT2D eigenvalue weighted by Crippen LogP contribution is 2.19. The molecule has 0 aliphatic rings. The molecule has 0 saturated heterocycles. The number of hydrogen-bond donors (Lipinski definition) is 3. The van der Waals surface area contributed by atoms with Crippen molar-refractivity contribution in [1.82, 2.24) is 25.8 Å². The van der Waals surface area contributed by atoms with Gasteiger partial charge >= 0.3 is 6.03 Å². The molecule has 18 heavy (non-hydrogen) atoms. The second kappa shape index (κ2) is 7.00. The molecule has 7 nitrogen and oxygen atoms in total. The van der Waals surface area contributed by atoms with Gasteiger partial charge in [0, 0.05) is 13.5 Å². The van der Waals surface area contributed by atoms with Crippen LogP contribution in [-0.2, 0) is 11.2 Å². The van der Waals surface area contributed by atoms with Crippen LogP contribution >= 0.6 is 11.8 Å². The van der Waals surface area contributed by atoms with E-state index < -0.39 is 11.3 Å². The molecule has 1 rings (SSSR count). The summed E-state index contributed by atoms with van der Waals surface area (Å²) in [6.45, 7) is 3.74. The van der Waals surface area contributed by atoms with Crippen LogP contribution < -0.4 is 10.6 Å². The number of thioether (sulfide) groups is 1. The number of hydrogen-bond acceptors (Lipinski definition) is 5. The van der Waals surface area contributed by atoms with Gasteiger partial charge in [-0.15, -0.1) is 5.10 Å². The summed E-state index contributed by atoms with van der Waals surface area (Å²) in [5.41, 5.74) is 0. The fraction of sp³-hybridized carbons (Fsp3) is 0.600. The monoisotopic (exact) mass is 271 g/mol. The molecule has 0 radical (unpaired) electrons. The van der Waals surface area contributed by atoms with Crippen molar-refractivity contribution in [3.63, 3.8) is 0 Å². The third kappa shape index (κ3) is 4.36. The number of carbonyl (C=O) groups is 2. The zero-order valence-corrected chi connectivity index (χ0v) is 11.4. The number of aromatic nitrogens is 3. The Bertz CT molecular complexity index is 420. The average molecular weight is 271 g/mol. The molecule has 1 unspecified atom stereocenters. The van der Waals surface area contributed by atoms with Crippen molar-refractivity contribution in [2.24, 2.45) is 0 Å². The number of nitrogens with one attached hydrogen (secondary N) is 3. The molecule has 1 heterocycles. The maximum Gasteiger partial charge on any atom is 0.321 e. The van der Waals surface area contributed by atoms with Crippen molar-refractivity contribution >= 4 is 23.7 Å². The quantitative estimate of drug-likeness (QED) is 0.684. The molecule has 0 aromatic carbocycles. The molecule has 0 aliphatic carbocycles. The van der Waals surface area contributed by atoms with Gasteiger partial charge in [0.25, 0.3) is 0 Å². The lowest BCUT2D eigenvalue weighted by Crippen LogP contribution is -2.41. The summed E-state index contributed by atoms with van der Waals surface area (Å²) in [6, 6.07) is -0.519. The molecule has 1 aromatic rings. The van der Waals surface area contributed by atoms with Crippen LogP contribution in [0.1, 0.15) is 26.1 Å². The Morgan fingerprint density at radius 2 is 2.22 bits per heavy atom. The van der Waals surface area contributed by atoms with Gasteiger partial charge in [-0.3, -0.25) is 15.2 Å². The first-order valence-corrected chi connectivity index (χ1v) is 6.55. The first kappa shape index (κ1) is 14.5. The average Bonchev–Trinajstić information content (AvgIpc) is 2.76. The van der Waals surface area contributed by atoms with Crippen molar-refractivity contribution in [3.05, 3.63) is 5.82 Å². The van der Waals surface area contributed by atoms with Crippen LogP contribution in [0.5, 0.6) is 0 Å². The van der Waals surface area contributed by atoms with E-state index in [-0.39, 0.29) is 5.91 Å². The van der Waals surface area contributed by atoms with E-state index in [1.165, 1.54) is 18.8 Å². The second-order valence-corrected chi connectivity index (χ2v) is 4.95. The van der Waals surface area contributed by atoms with Gasteiger partial charge in [-0.2, -0.15) is 0 Å². The Morgan fingerprint density at radius 3 is 2.83 bits per heavy atom. The lowest BCUT2D eigenvalue weighted by atomic mass is 10.3. The summed E-state index contributed by atoms with van der Waals surface area (Å²) < 4.78 is 0. The molecule has 0 saturated carbocycles. The highest BCUT2D eigenvalue weighted by molar-refractivity contribution is 8.00. The normalized spacial score (nSPS) is 11.9. The summed E-state index contributed by atoms with van der Waals surface area (Å²) in [5, 5.41) is 11.4. The summed E-state index contributed by atoms with van der Waals surface area (Å²) in [5.74, 6) is 0.431. The molecule has 0 spiro atoms. The molecule has 1 aromatic heterocycles. The maximum absolute atomic E-state index is 11.6. The largest absolute Gasteiger partial charge is 0.341 e. The number of nitrogens with zero attached hydrogens (tertiary/aromatic N) is 2. The van der Waals surface area contributed by atoms with Gasteiger partial charge in [0.1, 0.15) is 5.82 Å². The third-order valence-corrected chi connectivity index (χ3v) is 3.07. The smallest absolute Gasteiger partial charge is 0.321 e. The lowest BCUT2D eigenvalue weighted by molar-refractivity contribution is -0.119. The molecule has 1 atom stereocenters. The van der Waals surface area contributed by atoms with E-state index in [0.717, 1.165) is 18.7 Å². The number of aromatic amines is 1. The topological polar surface area (TPSA) is 99.8 Å². The standard InChI is InChI=1S/C10H17N5O2S/c1-4-5-7-12-10(15-14-7)18-6(2)8(16)13-9(17)11-3/h6H,4-5H2,1-3H3,(H,12,14,15)(H2,11,13,16,17). The van der Waals surface area contributed by atoms with Crippen molar-refractivity contribution in [1.29, 1.82) is 0 Å². The molecule has 3 amide bonds. The van der Waals surface area contributed by atoms with Gasteiger partial charge in [0.2, 0.25) is 11.1 Å². The Balaban J connectivity index is 2.49. The highest BCUT2D eigenvalue weighted by Gasteiger charge is 2.18. The molecule has 8 heteroatoms. The van der Waals surface area contributed by atoms with Crippen LogP contribution in [0, 0.1) is 0 Å². The maximum atomic E-state index is 11.6. The molecule has 0 aliphatic heterocycles. The Kier molecular flexibility index (Phi) is 5.63. The molecular weight excluding hydrogens is 254 g/mol. The van der Waals surface area contributed by atoms with E-state index in [1.54, 1.807) is 6.92 Å². The fourth-order valence-corrected chi connectivity index (χ4v) is 1.91. The molecule has 100 valence electrons. The number of carbonyl (C=O) groups excluding carboxylic acids is 2. The van der Waals surface area contributed by atoms with Crippen LogP contribution in [0.2, 0.25) is 0 Å². The minimum absolute atomic E-state index is 0.374. The van der Waals surface area contributed by atoms with E-state index in [2.05, 4.69) is 32.7 Å². The minimum Gasteiger partial charge on any atom is -0.341 e. The van der Waals surface area contributed by atoms with Crippen LogP contribution in [0.4, 0.5) is 4.79 Å². The van der Waals surface area contributed by atoms with E-state index in [4.69, 9.17) is 0 Å². The summed E-state index contributed by atoms with van der Waals surface area (Å²) >= 11 is 1.21. The predicted octanol–water partition coefficient (Wildman–Crippen LogP) is 0.693. The van der Waals surface area contributed by atoms with E-state index in [9.17, 15) is 9.59 Å². The minimum atomic E-state index is -0.519. The van der Waals surface area contributed by atoms with Gasteiger partial charge in [-0.05, 0) is 13.3 Å². The van der Waals surface area contributed by atoms with Crippen molar-refractivity contribution in [2.45, 2.75) is 37.1 Å². The lowest BCUT2D eigenvalue weighted by Gasteiger charge is -2.08. The molecular formula is C10H17N5O2S. The molecule has 0 bridgehead atoms. The molecule has 0 fully saturated rings. The van der Waals surface area contributed by atoms with Gasteiger partial charge in [-0.1, -0.05) is 18.7 Å². The highest BCUT2D eigenvalue weighted by atomic mass is 32.2. The number of aryl methyl sites for hydroxylation is 1. The SMILES string of the molecule is CCCc1nc(SC(C)C(=O)NC(=O)NC)n[nH]1. The predicted molar refractivity (Wildman–Crippen MR) is 68.3 cm³/mol. The number of imide groups is 1. The number of urea groups is 1. The van der Waals surface area contributed by atoms with Crippen LogP contribution in [-0.4, -0.2) is 39.4 Å². The van der Waals surface area contributed by atoms with Gasteiger partial charge < -0.3 is 5.32 Å². The first-order chi connectivity index (χ1) is 8.56. The Labute approximate surface area is 110 Å². The summed E-state index contributed by atoms with van der Waals surface area (Å²) in [6.07, 6.45) is 1.80. The van der Waals surface area contributed by atoms with Crippen LogP contribution in [0.3, 0.4) is 0 Å². The van der Waals surface area contributed by atoms with E-state index >= 15 is 0 Å². The summed E-state index contributed by atoms with van der Waals surface area (Å²) in [4.78, 5) is 26.8. The first-order valence-electron chi connectivity index (χ1n) is 5.67. The van der Waals surface area contributed by atoms with Crippen LogP contribution in [0.25, 0.3) is 0 Å². The van der Waals surface area contributed by atoms with Gasteiger partial charge in [0.15, 0.2) is 0 Å². The van der Waals surface area contributed by atoms with Gasteiger partial charge in [0.05, 0.1) is 5.25 Å². The van der Waals surface area contributed by atoms with Crippen molar-refractivity contribution in [3.8, 4) is 0 Å². The summed E-state index contributed by atoms with van der Waals surface area (Å²) in [7, 11) is 1.45. The Hall–Kier alpha value is -1.57. The Morgan fingerprint density at radius 1 is 1.50 bits per heavy atom. The fourth-order valence-electron chi connectivity index (χ4n) is 1.17. The molecule has 3 N–H and O–H groups in total. The number of rotatable bonds is 5. The van der Waals surface area contributed by atoms with Crippen molar-refractivity contribution < 1.29 is 9.59 Å². The zero-order chi connectivity index (χ0) is 13.5. The van der Waals surface area contributed by atoms with Crippen molar-refractivity contribution in [2.75, 3.05) is 7.05 Å². The van der Waals surface area contributed by atoms with E-state index in [0.29, 0.717) is 5.16 Å². The van der Waals surface area contributed by atoms with E-state index in [1.807, 2.05) is 0 Å².